The molecule has 1 aromatic carbocycles. The van der Waals surface area contributed by atoms with Crippen LogP contribution in [0.1, 0.15) is 24.8 Å². The summed E-state index contributed by atoms with van der Waals surface area (Å²) in [5, 5.41) is 0. The summed E-state index contributed by atoms with van der Waals surface area (Å²) in [6.45, 7) is 2.09. The molecule has 1 aliphatic carbocycles. The lowest BCUT2D eigenvalue weighted by Gasteiger charge is -2.37. The van der Waals surface area contributed by atoms with E-state index in [0.717, 1.165) is 12.1 Å². The Hall–Kier alpha value is -1.13. The highest BCUT2D eigenvalue weighted by Gasteiger charge is 2.24. The van der Waals surface area contributed by atoms with Crippen molar-refractivity contribution in [2.75, 3.05) is 20.2 Å². The van der Waals surface area contributed by atoms with E-state index >= 15 is 0 Å². The van der Waals surface area contributed by atoms with Gasteiger partial charge in [-0.2, -0.15) is 0 Å². The first-order valence-electron chi connectivity index (χ1n) is 6.51. The van der Waals surface area contributed by atoms with Crippen molar-refractivity contribution in [1.82, 2.24) is 4.90 Å². The van der Waals surface area contributed by atoms with Gasteiger partial charge in [0.15, 0.2) is 0 Å². The third-order valence-corrected chi connectivity index (χ3v) is 3.64. The third kappa shape index (κ3) is 3.00. The summed E-state index contributed by atoms with van der Waals surface area (Å²) in [5.41, 5.74) is 6.35. The van der Waals surface area contributed by atoms with Crippen molar-refractivity contribution < 1.29 is 9.13 Å². The summed E-state index contributed by atoms with van der Waals surface area (Å²) in [7, 11) is 1.55. The van der Waals surface area contributed by atoms with Crippen molar-refractivity contribution in [3.63, 3.8) is 0 Å². The van der Waals surface area contributed by atoms with E-state index in [0.29, 0.717) is 24.9 Å². The van der Waals surface area contributed by atoms with Crippen molar-refractivity contribution in [1.29, 1.82) is 0 Å². The lowest BCUT2D eigenvalue weighted by molar-refractivity contribution is 0.122. The molecule has 18 heavy (non-hydrogen) atoms. The number of nitrogens with zero attached hydrogens (tertiary/aromatic N) is 1. The molecule has 1 aliphatic rings. The predicted molar refractivity (Wildman–Crippen MR) is 70.1 cm³/mol. The van der Waals surface area contributed by atoms with Gasteiger partial charge in [0.1, 0.15) is 11.6 Å². The molecule has 2 N–H and O–H groups in total. The molecule has 3 nitrogen and oxygen atoms in total. The lowest BCUT2D eigenvalue weighted by atomic mass is 9.91. The fourth-order valence-corrected chi connectivity index (χ4v) is 2.31. The standard InChI is InChI=1S/C14H21FN2O/c1-18-13-6-5-11(14(15)9-13)10-17(8-7-16)12-3-2-4-12/h5-6,9,12H,2-4,7-8,10,16H2,1H3. The smallest absolute Gasteiger partial charge is 0.131 e. The van der Waals surface area contributed by atoms with Gasteiger partial charge in [-0.3, -0.25) is 4.90 Å². The van der Waals surface area contributed by atoms with Gasteiger partial charge in [0.25, 0.3) is 0 Å². The Morgan fingerprint density at radius 2 is 2.22 bits per heavy atom. The quantitative estimate of drug-likeness (QED) is 0.843. The molecule has 100 valence electrons. The predicted octanol–water partition coefficient (Wildman–Crippen LogP) is 2.15. The summed E-state index contributed by atoms with van der Waals surface area (Å²) in [5.74, 6) is 0.362. The Morgan fingerprint density at radius 3 is 2.72 bits per heavy atom. The van der Waals surface area contributed by atoms with Crippen LogP contribution in [0.25, 0.3) is 0 Å². The van der Waals surface area contributed by atoms with Crippen LogP contribution < -0.4 is 10.5 Å². The summed E-state index contributed by atoms with van der Waals surface area (Å²) in [4.78, 5) is 2.29. The SMILES string of the molecule is COc1ccc(CN(CCN)C2CCC2)c(F)c1. The first-order valence-corrected chi connectivity index (χ1v) is 6.51. The van der Waals surface area contributed by atoms with Crippen LogP contribution in [0.2, 0.25) is 0 Å². The van der Waals surface area contributed by atoms with Crippen molar-refractivity contribution >= 4 is 0 Å². The van der Waals surface area contributed by atoms with E-state index in [4.69, 9.17) is 10.5 Å². The van der Waals surface area contributed by atoms with Crippen molar-refractivity contribution in [3.8, 4) is 5.75 Å². The zero-order valence-corrected chi connectivity index (χ0v) is 10.9. The highest BCUT2D eigenvalue weighted by Crippen LogP contribution is 2.27. The Balaban J connectivity index is 2.05. The molecule has 0 aliphatic heterocycles. The molecular weight excluding hydrogens is 231 g/mol. The van der Waals surface area contributed by atoms with Crippen LogP contribution >= 0.6 is 0 Å². The van der Waals surface area contributed by atoms with Crippen LogP contribution in [-0.2, 0) is 6.54 Å². The summed E-state index contributed by atoms with van der Waals surface area (Å²) in [6.07, 6.45) is 3.69. The van der Waals surface area contributed by atoms with Crippen molar-refractivity contribution in [2.24, 2.45) is 5.73 Å². The monoisotopic (exact) mass is 252 g/mol. The minimum atomic E-state index is -0.198. The highest BCUT2D eigenvalue weighted by atomic mass is 19.1. The summed E-state index contributed by atoms with van der Waals surface area (Å²) < 4.78 is 18.9. The maximum Gasteiger partial charge on any atom is 0.131 e. The molecule has 0 heterocycles. The van der Waals surface area contributed by atoms with Gasteiger partial charge < -0.3 is 10.5 Å². The lowest BCUT2D eigenvalue weighted by Crippen LogP contribution is -2.42. The van der Waals surface area contributed by atoms with Gasteiger partial charge in [-0.05, 0) is 18.9 Å². The van der Waals surface area contributed by atoms with Gasteiger partial charge in [-0.1, -0.05) is 12.5 Å². The molecule has 0 aromatic heterocycles. The number of methoxy groups -OCH3 is 1. The molecule has 0 bridgehead atoms. The van der Waals surface area contributed by atoms with Gasteiger partial charge in [0.2, 0.25) is 0 Å². The second-order valence-electron chi connectivity index (χ2n) is 4.80. The van der Waals surface area contributed by atoms with Crippen molar-refractivity contribution in [3.05, 3.63) is 29.6 Å². The molecular formula is C14H21FN2O. The van der Waals surface area contributed by atoms with Gasteiger partial charge in [0, 0.05) is 37.3 Å². The maximum atomic E-state index is 13.9. The van der Waals surface area contributed by atoms with Crippen molar-refractivity contribution in [2.45, 2.75) is 31.8 Å². The molecule has 4 heteroatoms. The first-order chi connectivity index (χ1) is 8.74. The number of nitrogens with two attached hydrogens (primary N) is 1. The Bertz CT molecular complexity index is 393. The van der Waals surface area contributed by atoms with Crippen LogP contribution in [0.15, 0.2) is 18.2 Å². The van der Waals surface area contributed by atoms with Gasteiger partial charge >= 0.3 is 0 Å². The number of halogens is 1. The normalized spacial score (nSPS) is 15.8. The van der Waals surface area contributed by atoms with Gasteiger partial charge in [-0.15, -0.1) is 0 Å². The second-order valence-corrected chi connectivity index (χ2v) is 4.80. The molecule has 0 spiro atoms. The Labute approximate surface area is 108 Å². The summed E-state index contributed by atoms with van der Waals surface area (Å²) in [6, 6.07) is 5.63. The highest BCUT2D eigenvalue weighted by molar-refractivity contribution is 5.28. The van der Waals surface area contributed by atoms with Gasteiger partial charge in [-0.25, -0.2) is 4.39 Å². The fraction of sp³-hybridized carbons (Fsp3) is 0.571. The van der Waals surface area contributed by atoms with E-state index in [-0.39, 0.29) is 5.82 Å². The van der Waals surface area contributed by atoms with E-state index < -0.39 is 0 Å². The number of hydrogen-bond acceptors (Lipinski definition) is 3. The molecule has 0 unspecified atom stereocenters. The van der Waals surface area contributed by atoms with Crippen LogP contribution in [0.3, 0.4) is 0 Å². The number of rotatable bonds is 6. The summed E-state index contributed by atoms with van der Waals surface area (Å²) >= 11 is 0. The topological polar surface area (TPSA) is 38.5 Å². The average Bonchev–Trinajstić information content (AvgIpc) is 2.29. The Kier molecular flexibility index (Phi) is 4.55. The largest absolute Gasteiger partial charge is 0.497 e. The molecule has 1 aromatic rings. The third-order valence-electron chi connectivity index (χ3n) is 3.64. The zero-order chi connectivity index (χ0) is 13.0. The zero-order valence-electron chi connectivity index (χ0n) is 10.9. The van der Waals surface area contributed by atoms with E-state index in [1.807, 2.05) is 0 Å². The van der Waals surface area contributed by atoms with Crippen LogP contribution in [-0.4, -0.2) is 31.1 Å². The molecule has 1 saturated carbocycles. The van der Waals surface area contributed by atoms with E-state index in [1.165, 1.54) is 25.3 Å². The average molecular weight is 252 g/mol. The molecule has 0 amide bonds. The molecule has 1 fully saturated rings. The number of benzene rings is 1. The molecule has 0 atom stereocenters. The van der Waals surface area contributed by atoms with Crippen LogP contribution in [0.4, 0.5) is 4.39 Å². The first kappa shape index (κ1) is 13.3. The van der Waals surface area contributed by atoms with Crippen LogP contribution in [0.5, 0.6) is 5.75 Å². The van der Waals surface area contributed by atoms with Crippen LogP contribution in [0, 0.1) is 5.82 Å². The van der Waals surface area contributed by atoms with Gasteiger partial charge in [0.05, 0.1) is 7.11 Å². The number of hydrogen-bond donors (Lipinski definition) is 1. The minimum absolute atomic E-state index is 0.198. The number of ether oxygens (including phenoxy) is 1. The van der Waals surface area contributed by atoms with E-state index in [1.54, 1.807) is 19.2 Å². The minimum Gasteiger partial charge on any atom is -0.497 e. The van der Waals surface area contributed by atoms with E-state index in [2.05, 4.69) is 4.90 Å². The second kappa shape index (κ2) is 6.16. The molecule has 0 saturated heterocycles. The fourth-order valence-electron chi connectivity index (χ4n) is 2.31. The maximum absolute atomic E-state index is 13.9. The Morgan fingerprint density at radius 1 is 1.44 bits per heavy atom. The van der Waals surface area contributed by atoms with E-state index in [9.17, 15) is 4.39 Å². The molecule has 2 rings (SSSR count). The molecule has 0 radical (unpaired) electrons.